The largest absolute Gasteiger partial charge is 0.328 e. The first-order valence-electron chi connectivity index (χ1n) is 5.65. The number of carbonyl (C=O) groups is 1. The van der Waals surface area contributed by atoms with Crippen LogP contribution in [0.3, 0.4) is 0 Å². The predicted octanol–water partition coefficient (Wildman–Crippen LogP) is 1.57. The second kappa shape index (κ2) is 4.20. The van der Waals surface area contributed by atoms with Gasteiger partial charge in [0, 0.05) is 20.5 Å². The topological polar surface area (TPSA) is 44.0 Å². The zero-order valence-corrected chi connectivity index (χ0v) is 10.3. The molecule has 0 bridgehead atoms. The van der Waals surface area contributed by atoms with Gasteiger partial charge in [-0.2, -0.15) is 0 Å². The van der Waals surface area contributed by atoms with Crippen molar-refractivity contribution in [2.24, 2.45) is 14.1 Å². The van der Waals surface area contributed by atoms with E-state index in [1.807, 2.05) is 25.1 Å². The molecule has 4 nitrogen and oxygen atoms in total. The Bertz CT molecular complexity index is 622. The second-order valence-electron chi connectivity index (χ2n) is 4.45. The summed E-state index contributed by atoms with van der Waals surface area (Å²) in [5.41, 5.74) is 2.89. The lowest BCUT2D eigenvalue weighted by molar-refractivity contribution is -0.108. The first-order chi connectivity index (χ1) is 8.06. The number of nitrogens with zero attached hydrogens (tertiary/aromatic N) is 2. The van der Waals surface area contributed by atoms with Crippen LogP contribution in [-0.4, -0.2) is 15.4 Å². The first-order valence-corrected chi connectivity index (χ1v) is 5.65. The van der Waals surface area contributed by atoms with E-state index in [1.165, 1.54) is 0 Å². The second-order valence-corrected chi connectivity index (χ2v) is 4.45. The Morgan fingerprint density at radius 1 is 1.24 bits per heavy atom. The average molecular weight is 232 g/mol. The number of imidazole rings is 1. The molecule has 0 saturated heterocycles. The van der Waals surface area contributed by atoms with Crippen molar-refractivity contribution in [1.82, 2.24) is 9.13 Å². The van der Waals surface area contributed by atoms with Gasteiger partial charge >= 0.3 is 5.69 Å². The molecular formula is C13H16N2O2. The number of carbonyl (C=O) groups excluding carboxylic acids is 1. The summed E-state index contributed by atoms with van der Waals surface area (Å²) in [6.07, 6.45) is 1.44. The third kappa shape index (κ3) is 1.79. The molecular weight excluding hydrogens is 216 g/mol. The molecule has 4 heteroatoms. The summed E-state index contributed by atoms with van der Waals surface area (Å²) in [7, 11) is 3.53. The van der Waals surface area contributed by atoms with Gasteiger partial charge in [-0.25, -0.2) is 4.79 Å². The van der Waals surface area contributed by atoms with Gasteiger partial charge < -0.3 is 4.79 Å². The summed E-state index contributed by atoms with van der Waals surface area (Å²) in [6.45, 7) is 2.01. The van der Waals surface area contributed by atoms with Gasteiger partial charge in [-0.3, -0.25) is 9.13 Å². The average Bonchev–Trinajstić information content (AvgIpc) is 2.55. The normalized spacial score (nSPS) is 12.9. The molecule has 0 saturated carbocycles. The lowest BCUT2D eigenvalue weighted by Crippen LogP contribution is -2.19. The van der Waals surface area contributed by atoms with E-state index in [9.17, 15) is 9.59 Å². The number of hydrogen-bond acceptors (Lipinski definition) is 2. The SMILES string of the molecule is CC(CC=O)c1ccc2c(c1)n(C)c(=O)n2C. The van der Waals surface area contributed by atoms with Crippen molar-refractivity contribution >= 4 is 17.3 Å². The minimum atomic E-state index is -0.0276. The van der Waals surface area contributed by atoms with E-state index in [1.54, 1.807) is 23.2 Å². The molecule has 1 aromatic carbocycles. The summed E-state index contributed by atoms with van der Waals surface area (Å²) in [5.74, 6) is 0.187. The number of aldehydes is 1. The maximum Gasteiger partial charge on any atom is 0.328 e. The molecule has 90 valence electrons. The van der Waals surface area contributed by atoms with E-state index in [2.05, 4.69) is 0 Å². The van der Waals surface area contributed by atoms with Gasteiger partial charge in [-0.05, 0) is 23.6 Å². The molecule has 0 radical (unpaired) electrons. The lowest BCUT2D eigenvalue weighted by Gasteiger charge is -2.08. The smallest absolute Gasteiger partial charge is 0.303 e. The van der Waals surface area contributed by atoms with Gasteiger partial charge in [0.05, 0.1) is 11.0 Å². The molecule has 1 heterocycles. The maximum atomic E-state index is 11.8. The fourth-order valence-corrected chi connectivity index (χ4v) is 2.11. The van der Waals surface area contributed by atoms with Crippen LogP contribution in [0, 0.1) is 0 Å². The van der Waals surface area contributed by atoms with Crippen molar-refractivity contribution < 1.29 is 4.79 Å². The zero-order valence-electron chi connectivity index (χ0n) is 10.3. The maximum absolute atomic E-state index is 11.8. The van der Waals surface area contributed by atoms with Gasteiger partial charge in [0.15, 0.2) is 0 Å². The van der Waals surface area contributed by atoms with Crippen LogP contribution in [0.1, 0.15) is 24.8 Å². The van der Waals surface area contributed by atoms with E-state index in [0.717, 1.165) is 22.9 Å². The van der Waals surface area contributed by atoms with Crippen LogP contribution >= 0.6 is 0 Å². The van der Waals surface area contributed by atoms with Crippen LogP contribution in [-0.2, 0) is 18.9 Å². The highest BCUT2D eigenvalue weighted by Crippen LogP contribution is 2.22. The number of fused-ring (bicyclic) bond motifs is 1. The highest BCUT2D eigenvalue weighted by molar-refractivity contribution is 5.77. The molecule has 0 spiro atoms. The number of benzene rings is 1. The minimum absolute atomic E-state index is 0.0276. The fourth-order valence-electron chi connectivity index (χ4n) is 2.11. The molecule has 0 aliphatic heterocycles. The predicted molar refractivity (Wildman–Crippen MR) is 67.3 cm³/mol. The van der Waals surface area contributed by atoms with Crippen LogP contribution in [0.2, 0.25) is 0 Å². The Morgan fingerprint density at radius 2 is 1.88 bits per heavy atom. The number of aryl methyl sites for hydroxylation is 2. The van der Waals surface area contributed by atoms with Crippen molar-refractivity contribution in [1.29, 1.82) is 0 Å². The summed E-state index contributed by atoms with van der Waals surface area (Å²) >= 11 is 0. The molecule has 0 fully saturated rings. The van der Waals surface area contributed by atoms with Gasteiger partial charge in [0.25, 0.3) is 0 Å². The third-order valence-electron chi connectivity index (χ3n) is 3.31. The Hall–Kier alpha value is -1.84. The molecule has 1 atom stereocenters. The summed E-state index contributed by atoms with van der Waals surface area (Å²) in [4.78, 5) is 22.3. The Labute approximate surface area is 99.5 Å². The van der Waals surface area contributed by atoms with E-state index in [0.29, 0.717) is 6.42 Å². The monoisotopic (exact) mass is 232 g/mol. The number of hydrogen-bond donors (Lipinski definition) is 0. The highest BCUT2D eigenvalue weighted by atomic mass is 16.1. The molecule has 0 aliphatic carbocycles. The minimum Gasteiger partial charge on any atom is -0.303 e. The van der Waals surface area contributed by atoms with E-state index in [-0.39, 0.29) is 11.6 Å². The van der Waals surface area contributed by atoms with Gasteiger partial charge in [-0.1, -0.05) is 13.0 Å². The zero-order chi connectivity index (χ0) is 12.6. The molecule has 2 rings (SSSR count). The molecule has 0 N–H and O–H groups in total. The van der Waals surface area contributed by atoms with E-state index >= 15 is 0 Å². The quantitative estimate of drug-likeness (QED) is 0.754. The van der Waals surface area contributed by atoms with Crippen molar-refractivity contribution in [3.8, 4) is 0 Å². The van der Waals surface area contributed by atoms with Crippen molar-refractivity contribution in [2.45, 2.75) is 19.3 Å². The Morgan fingerprint density at radius 3 is 2.53 bits per heavy atom. The molecule has 1 unspecified atom stereocenters. The third-order valence-corrected chi connectivity index (χ3v) is 3.31. The molecule has 0 aliphatic rings. The van der Waals surface area contributed by atoms with Crippen LogP contribution in [0.25, 0.3) is 11.0 Å². The van der Waals surface area contributed by atoms with E-state index in [4.69, 9.17) is 0 Å². The van der Waals surface area contributed by atoms with Crippen LogP contribution in [0.15, 0.2) is 23.0 Å². The van der Waals surface area contributed by atoms with Crippen LogP contribution in [0.4, 0.5) is 0 Å². The van der Waals surface area contributed by atoms with Crippen LogP contribution in [0.5, 0.6) is 0 Å². The molecule has 0 amide bonds. The molecule has 1 aromatic heterocycles. The van der Waals surface area contributed by atoms with E-state index < -0.39 is 0 Å². The number of aromatic nitrogens is 2. The van der Waals surface area contributed by atoms with Crippen molar-refractivity contribution in [3.63, 3.8) is 0 Å². The lowest BCUT2D eigenvalue weighted by atomic mass is 9.98. The van der Waals surface area contributed by atoms with Crippen molar-refractivity contribution in [2.75, 3.05) is 0 Å². The Balaban J connectivity index is 2.62. The van der Waals surface area contributed by atoms with Crippen LogP contribution < -0.4 is 5.69 Å². The van der Waals surface area contributed by atoms with Gasteiger partial charge in [0.2, 0.25) is 0 Å². The Kier molecular flexibility index (Phi) is 2.88. The van der Waals surface area contributed by atoms with Crippen molar-refractivity contribution in [3.05, 3.63) is 34.2 Å². The molecule has 2 aromatic rings. The van der Waals surface area contributed by atoms with Gasteiger partial charge in [0.1, 0.15) is 6.29 Å². The summed E-state index contributed by atoms with van der Waals surface area (Å²) in [5, 5.41) is 0. The number of rotatable bonds is 3. The summed E-state index contributed by atoms with van der Waals surface area (Å²) in [6, 6.07) is 5.91. The van der Waals surface area contributed by atoms with Gasteiger partial charge in [-0.15, -0.1) is 0 Å². The summed E-state index contributed by atoms with van der Waals surface area (Å²) < 4.78 is 3.26. The highest BCUT2D eigenvalue weighted by Gasteiger charge is 2.11. The first kappa shape index (κ1) is 11.6. The standard InChI is InChI=1S/C13H16N2O2/c1-9(6-7-16)10-4-5-11-12(8-10)15(3)13(17)14(11)2/h4-5,7-9H,6H2,1-3H3. The molecule has 17 heavy (non-hydrogen) atoms. The fraction of sp³-hybridized carbons (Fsp3) is 0.385.